The Morgan fingerprint density at radius 1 is 0.938 bits per heavy atom. The van der Waals surface area contributed by atoms with Crippen molar-refractivity contribution in [1.82, 2.24) is 0 Å². The molecule has 0 radical (unpaired) electrons. The van der Waals surface area contributed by atoms with Crippen molar-refractivity contribution >= 4 is 5.78 Å². The molecule has 0 bridgehead atoms. The van der Waals surface area contributed by atoms with E-state index in [1.165, 1.54) is 57.8 Å². The molecule has 2 fully saturated rings. The Balaban J connectivity index is 1.84. The molecule has 2 saturated carbocycles. The highest BCUT2D eigenvalue weighted by Crippen LogP contribution is 2.36. The minimum absolute atomic E-state index is 0.444. The average molecular weight is 222 g/mol. The quantitative estimate of drug-likeness (QED) is 0.691. The summed E-state index contributed by atoms with van der Waals surface area (Å²) in [7, 11) is 0. The van der Waals surface area contributed by atoms with Crippen molar-refractivity contribution in [1.29, 1.82) is 0 Å². The summed E-state index contributed by atoms with van der Waals surface area (Å²) in [5.41, 5.74) is 0. The molecular weight excluding hydrogens is 196 g/mol. The number of Topliss-reactive ketones (excluding diaryl/α,β-unsaturated/α-hetero) is 1. The predicted octanol–water partition coefficient (Wildman–Crippen LogP) is 4.35. The zero-order valence-electron chi connectivity index (χ0n) is 10.7. The lowest BCUT2D eigenvalue weighted by atomic mass is 9.74. The number of hydrogen-bond donors (Lipinski definition) is 0. The third-order valence-electron chi connectivity index (χ3n) is 4.86. The number of carbonyl (C=O) groups is 1. The van der Waals surface area contributed by atoms with Gasteiger partial charge in [0.15, 0.2) is 0 Å². The second-order valence-corrected chi connectivity index (χ2v) is 5.86. The third-order valence-corrected chi connectivity index (χ3v) is 4.86. The second kappa shape index (κ2) is 5.84. The van der Waals surface area contributed by atoms with Crippen LogP contribution >= 0.6 is 0 Å². The van der Waals surface area contributed by atoms with Crippen molar-refractivity contribution in [2.24, 2.45) is 17.8 Å². The van der Waals surface area contributed by atoms with E-state index in [4.69, 9.17) is 0 Å². The molecule has 2 aliphatic carbocycles. The standard InChI is InChI=1S/C15H26O/c1-2-12-7-3-6-10-14(12)11-15(16)13-8-4-5-9-13/h12-14H,2-11H2,1H3. The Hall–Kier alpha value is -0.330. The van der Waals surface area contributed by atoms with Gasteiger partial charge in [0.25, 0.3) is 0 Å². The van der Waals surface area contributed by atoms with Crippen molar-refractivity contribution in [3.05, 3.63) is 0 Å². The van der Waals surface area contributed by atoms with Gasteiger partial charge in [0, 0.05) is 12.3 Å². The SMILES string of the molecule is CCC1CCCCC1CC(=O)C1CCCC1. The summed E-state index contributed by atoms with van der Waals surface area (Å²) < 4.78 is 0. The number of rotatable bonds is 4. The Labute approximate surface area is 100.0 Å². The van der Waals surface area contributed by atoms with E-state index in [0.29, 0.717) is 11.7 Å². The minimum Gasteiger partial charge on any atom is -0.299 e. The first-order chi connectivity index (χ1) is 7.81. The van der Waals surface area contributed by atoms with Gasteiger partial charge in [-0.3, -0.25) is 4.79 Å². The monoisotopic (exact) mass is 222 g/mol. The maximum absolute atomic E-state index is 12.2. The largest absolute Gasteiger partial charge is 0.299 e. The molecule has 2 aliphatic rings. The highest BCUT2D eigenvalue weighted by atomic mass is 16.1. The van der Waals surface area contributed by atoms with E-state index in [9.17, 15) is 4.79 Å². The topological polar surface area (TPSA) is 17.1 Å². The molecule has 0 heterocycles. The summed E-state index contributed by atoms with van der Waals surface area (Å²) in [5.74, 6) is 2.62. The fraction of sp³-hybridized carbons (Fsp3) is 0.933. The highest BCUT2D eigenvalue weighted by Gasteiger charge is 2.29. The van der Waals surface area contributed by atoms with E-state index in [0.717, 1.165) is 18.3 Å². The molecule has 0 amide bonds. The van der Waals surface area contributed by atoms with Gasteiger partial charge in [-0.25, -0.2) is 0 Å². The van der Waals surface area contributed by atoms with Crippen LogP contribution in [0.3, 0.4) is 0 Å². The molecule has 0 N–H and O–H groups in total. The van der Waals surface area contributed by atoms with E-state index in [2.05, 4.69) is 6.92 Å². The molecule has 0 aromatic heterocycles. The Morgan fingerprint density at radius 2 is 1.50 bits per heavy atom. The summed E-state index contributed by atoms with van der Waals surface area (Å²) in [6, 6.07) is 0. The molecule has 16 heavy (non-hydrogen) atoms. The van der Waals surface area contributed by atoms with Crippen LogP contribution in [0.1, 0.15) is 71.1 Å². The molecule has 0 aliphatic heterocycles. The third kappa shape index (κ3) is 2.87. The smallest absolute Gasteiger partial charge is 0.136 e. The summed E-state index contributed by atoms with van der Waals surface area (Å²) in [6.07, 6.45) is 12.6. The Kier molecular flexibility index (Phi) is 4.43. The molecule has 1 nitrogen and oxygen atoms in total. The van der Waals surface area contributed by atoms with Gasteiger partial charge in [-0.1, -0.05) is 45.4 Å². The number of carbonyl (C=O) groups excluding carboxylic acids is 1. The van der Waals surface area contributed by atoms with Crippen LogP contribution in [0.25, 0.3) is 0 Å². The summed E-state index contributed by atoms with van der Waals surface area (Å²) in [5, 5.41) is 0. The molecule has 1 heteroatoms. The maximum atomic E-state index is 12.2. The van der Waals surface area contributed by atoms with Gasteiger partial charge in [-0.05, 0) is 31.1 Å². The van der Waals surface area contributed by atoms with E-state index < -0.39 is 0 Å². The van der Waals surface area contributed by atoms with Gasteiger partial charge in [0.2, 0.25) is 0 Å². The first kappa shape index (κ1) is 12.1. The molecule has 0 spiro atoms. The van der Waals surface area contributed by atoms with E-state index in [1.54, 1.807) is 0 Å². The van der Waals surface area contributed by atoms with Crippen LogP contribution in [0.2, 0.25) is 0 Å². The van der Waals surface area contributed by atoms with Gasteiger partial charge < -0.3 is 0 Å². The molecular formula is C15H26O. The van der Waals surface area contributed by atoms with E-state index in [1.807, 2.05) is 0 Å². The van der Waals surface area contributed by atoms with E-state index in [-0.39, 0.29) is 0 Å². The van der Waals surface area contributed by atoms with Crippen LogP contribution in [-0.4, -0.2) is 5.78 Å². The predicted molar refractivity (Wildman–Crippen MR) is 67.3 cm³/mol. The summed E-state index contributed by atoms with van der Waals surface area (Å²) >= 11 is 0. The van der Waals surface area contributed by atoms with Crippen LogP contribution in [0.15, 0.2) is 0 Å². The maximum Gasteiger partial charge on any atom is 0.136 e. The van der Waals surface area contributed by atoms with Gasteiger partial charge >= 0.3 is 0 Å². The second-order valence-electron chi connectivity index (χ2n) is 5.86. The van der Waals surface area contributed by atoms with Crippen LogP contribution in [-0.2, 0) is 4.79 Å². The highest BCUT2D eigenvalue weighted by molar-refractivity contribution is 5.81. The van der Waals surface area contributed by atoms with Crippen molar-refractivity contribution in [3.8, 4) is 0 Å². The van der Waals surface area contributed by atoms with Crippen molar-refractivity contribution in [2.75, 3.05) is 0 Å². The molecule has 0 saturated heterocycles. The van der Waals surface area contributed by atoms with Gasteiger partial charge in [0.1, 0.15) is 5.78 Å². The zero-order valence-corrected chi connectivity index (χ0v) is 10.7. The lowest BCUT2D eigenvalue weighted by Crippen LogP contribution is -2.24. The van der Waals surface area contributed by atoms with E-state index >= 15 is 0 Å². The first-order valence-electron chi connectivity index (χ1n) is 7.34. The number of ketones is 1. The van der Waals surface area contributed by atoms with Crippen molar-refractivity contribution in [3.63, 3.8) is 0 Å². The lowest BCUT2D eigenvalue weighted by molar-refractivity contribution is -0.124. The normalized spacial score (nSPS) is 31.8. The fourth-order valence-electron chi connectivity index (χ4n) is 3.76. The summed E-state index contributed by atoms with van der Waals surface area (Å²) in [6.45, 7) is 2.29. The molecule has 2 rings (SSSR count). The lowest BCUT2D eigenvalue weighted by Gasteiger charge is -2.31. The average Bonchev–Trinajstić information content (AvgIpc) is 2.83. The molecule has 2 unspecified atom stereocenters. The first-order valence-corrected chi connectivity index (χ1v) is 7.34. The van der Waals surface area contributed by atoms with Crippen molar-refractivity contribution < 1.29 is 4.79 Å². The Bertz CT molecular complexity index is 228. The molecule has 0 aromatic rings. The van der Waals surface area contributed by atoms with Gasteiger partial charge in [-0.2, -0.15) is 0 Å². The minimum atomic E-state index is 0.444. The van der Waals surface area contributed by atoms with Crippen LogP contribution in [0.4, 0.5) is 0 Å². The fourth-order valence-corrected chi connectivity index (χ4v) is 3.76. The molecule has 92 valence electrons. The number of hydrogen-bond acceptors (Lipinski definition) is 1. The van der Waals surface area contributed by atoms with Gasteiger partial charge in [-0.15, -0.1) is 0 Å². The zero-order chi connectivity index (χ0) is 11.4. The van der Waals surface area contributed by atoms with Crippen LogP contribution < -0.4 is 0 Å². The molecule has 0 aromatic carbocycles. The Morgan fingerprint density at radius 3 is 2.12 bits per heavy atom. The van der Waals surface area contributed by atoms with Crippen LogP contribution in [0, 0.1) is 17.8 Å². The molecule has 2 atom stereocenters. The van der Waals surface area contributed by atoms with Gasteiger partial charge in [0.05, 0.1) is 0 Å². The van der Waals surface area contributed by atoms with Crippen molar-refractivity contribution in [2.45, 2.75) is 71.1 Å². The summed E-state index contributed by atoms with van der Waals surface area (Å²) in [4.78, 5) is 12.2. The van der Waals surface area contributed by atoms with Crippen LogP contribution in [0.5, 0.6) is 0 Å².